The zero-order valence-corrected chi connectivity index (χ0v) is 10.1. The summed E-state index contributed by atoms with van der Waals surface area (Å²) < 4.78 is 36.7. The first-order chi connectivity index (χ1) is 8.46. The number of hydrogen-bond donors (Lipinski definition) is 0. The quantitative estimate of drug-likeness (QED) is 0.708. The third kappa shape index (κ3) is 3.48. The summed E-state index contributed by atoms with van der Waals surface area (Å²) in [5.74, 6) is -0.419. The van der Waals surface area contributed by atoms with Crippen molar-refractivity contribution in [2.45, 2.75) is 31.5 Å². The minimum absolute atomic E-state index is 0.102. The van der Waals surface area contributed by atoms with Crippen molar-refractivity contribution in [1.29, 1.82) is 0 Å². The van der Waals surface area contributed by atoms with Gasteiger partial charge in [-0.25, -0.2) is 0 Å². The molecule has 102 valence electrons. The van der Waals surface area contributed by atoms with Crippen molar-refractivity contribution in [2.24, 2.45) is 0 Å². The summed E-state index contributed by atoms with van der Waals surface area (Å²) in [4.78, 5) is 14.6. The normalized spacial score (nSPS) is 26.7. The lowest BCUT2D eigenvalue weighted by Gasteiger charge is -2.38. The van der Waals surface area contributed by atoms with Gasteiger partial charge in [-0.15, -0.1) is 0 Å². The fourth-order valence-corrected chi connectivity index (χ4v) is 2.49. The number of hydrogen-bond acceptors (Lipinski definition) is 2. The second kappa shape index (κ2) is 5.30. The third-order valence-electron chi connectivity index (χ3n) is 3.42. The van der Waals surface area contributed by atoms with E-state index in [0.29, 0.717) is 6.54 Å². The van der Waals surface area contributed by atoms with Gasteiger partial charge in [0.2, 0.25) is 5.91 Å². The number of halogens is 3. The third-order valence-corrected chi connectivity index (χ3v) is 3.42. The average molecular weight is 262 g/mol. The number of allylic oxidation sites excluding steroid dienone is 1. The van der Waals surface area contributed by atoms with Gasteiger partial charge in [-0.3, -0.25) is 9.69 Å². The molecule has 0 aromatic carbocycles. The average Bonchev–Trinajstić information content (AvgIpc) is 2.31. The monoisotopic (exact) mass is 262 g/mol. The molecule has 0 spiro atoms. The summed E-state index contributed by atoms with van der Waals surface area (Å²) in [5.41, 5.74) is 0. The van der Waals surface area contributed by atoms with E-state index in [9.17, 15) is 18.0 Å². The summed E-state index contributed by atoms with van der Waals surface area (Å²) >= 11 is 0. The molecule has 0 saturated carbocycles. The second-order valence-electron chi connectivity index (χ2n) is 4.83. The number of carbonyl (C=O) groups is 1. The minimum atomic E-state index is -4.30. The molecule has 1 fully saturated rings. The number of alkyl halides is 3. The van der Waals surface area contributed by atoms with Crippen molar-refractivity contribution in [3.63, 3.8) is 0 Å². The van der Waals surface area contributed by atoms with E-state index in [0.717, 1.165) is 24.2 Å². The molecule has 3 nitrogen and oxygen atoms in total. The highest BCUT2D eigenvalue weighted by Gasteiger charge is 2.36. The van der Waals surface area contributed by atoms with Gasteiger partial charge in [-0.1, -0.05) is 12.2 Å². The van der Waals surface area contributed by atoms with E-state index < -0.39 is 18.6 Å². The largest absolute Gasteiger partial charge is 0.406 e. The first-order valence-electron chi connectivity index (χ1n) is 6.21. The lowest BCUT2D eigenvalue weighted by molar-refractivity contribution is -0.166. The molecule has 2 aliphatic rings. The molecule has 0 aromatic heterocycles. The van der Waals surface area contributed by atoms with Crippen molar-refractivity contribution in [3.8, 4) is 0 Å². The van der Waals surface area contributed by atoms with E-state index in [-0.39, 0.29) is 19.1 Å². The molecular formula is C12H17F3N2O. The highest BCUT2D eigenvalue weighted by molar-refractivity contribution is 5.79. The molecule has 2 rings (SSSR count). The predicted molar refractivity (Wildman–Crippen MR) is 61.0 cm³/mol. The van der Waals surface area contributed by atoms with Crippen LogP contribution in [0.1, 0.15) is 19.3 Å². The van der Waals surface area contributed by atoms with Crippen molar-refractivity contribution in [2.75, 3.05) is 26.2 Å². The van der Waals surface area contributed by atoms with E-state index in [2.05, 4.69) is 12.2 Å². The maximum absolute atomic E-state index is 12.2. The molecule has 1 amide bonds. The van der Waals surface area contributed by atoms with Crippen LogP contribution in [0.2, 0.25) is 0 Å². The van der Waals surface area contributed by atoms with Crippen LogP contribution in [-0.2, 0) is 4.79 Å². The molecule has 0 radical (unpaired) electrons. The van der Waals surface area contributed by atoms with Crippen LogP contribution in [0.3, 0.4) is 0 Å². The van der Waals surface area contributed by atoms with Crippen LogP contribution in [0.25, 0.3) is 0 Å². The summed E-state index contributed by atoms with van der Waals surface area (Å²) in [6.45, 7) is -0.329. The van der Waals surface area contributed by atoms with Crippen LogP contribution in [-0.4, -0.2) is 54.1 Å². The van der Waals surface area contributed by atoms with E-state index >= 15 is 0 Å². The van der Waals surface area contributed by atoms with Gasteiger partial charge >= 0.3 is 6.18 Å². The zero-order valence-electron chi connectivity index (χ0n) is 10.1. The molecule has 1 heterocycles. The highest BCUT2D eigenvalue weighted by atomic mass is 19.4. The SMILES string of the molecule is O=C1CN([C@H]2C=CCCC2)CCN1CC(F)(F)F. The molecule has 1 aliphatic carbocycles. The Morgan fingerprint density at radius 1 is 1.33 bits per heavy atom. The van der Waals surface area contributed by atoms with Gasteiger partial charge < -0.3 is 4.90 Å². The summed E-state index contributed by atoms with van der Waals surface area (Å²) in [5, 5.41) is 0. The predicted octanol–water partition coefficient (Wildman–Crippen LogP) is 1.80. The molecular weight excluding hydrogens is 245 g/mol. The molecule has 1 saturated heterocycles. The summed E-state index contributed by atoms with van der Waals surface area (Å²) in [6.07, 6.45) is 2.97. The molecule has 0 N–H and O–H groups in total. The highest BCUT2D eigenvalue weighted by Crippen LogP contribution is 2.21. The van der Waals surface area contributed by atoms with E-state index in [1.165, 1.54) is 0 Å². The molecule has 6 heteroatoms. The molecule has 0 unspecified atom stereocenters. The van der Waals surface area contributed by atoms with Crippen LogP contribution in [0.5, 0.6) is 0 Å². The van der Waals surface area contributed by atoms with Crippen molar-refractivity contribution >= 4 is 5.91 Å². The number of rotatable bonds is 2. The van der Waals surface area contributed by atoms with Crippen LogP contribution >= 0.6 is 0 Å². The van der Waals surface area contributed by atoms with Gasteiger partial charge in [-0.05, 0) is 19.3 Å². The van der Waals surface area contributed by atoms with Crippen molar-refractivity contribution in [1.82, 2.24) is 9.80 Å². The maximum Gasteiger partial charge on any atom is 0.406 e. The smallest absolute Gasteiger partial charge is 0.331 e. The van der Waals surface area contributed by atoms with E-state index in [1.807, 2.05) is 4.90 Å². The summed E-state index contributed by atoms with van der Waals surface area (Å²) in [7, 11) is 0. The number of carbonyl (C=O) groups excluding carboxylic acids is 1. The van der Waals surface area contributed by atoms with Gasteiger partial charge in [-0.2, -0.15) is 13.2 Å². The first-order valence-corrected chi connectivity index (χ1v) is 6.21. The summed E-state index contributed by atoms with van der Waals surface area (Å²) in [6, 6.07) is 0.218. The fourth-order valence-electron chi connectivity index (χ4n) is 2.49. The molecule has 18 heavy (non-hydrogen) atoms. The topological polar surface area (TPSA) is 23.6 Å². The lowest BCUT2D eigenvalue weighted by Crippen LogP contribution is -2.55. The van der Waals surface area contributed by atoms with E-state index in [4.69, 9.17) is 0 Å². The Kier molecular flexibility index (Phi) is 3.94. The lowest BCUT2D eigenvalue weighted by atomic mass is 10.0. The fraction of sp³-hybridized carbons (Fsp3) is 0.750. The van der Waals surface area contributed by atoms with Gasteiger partial charge in [0, 0.05) is 19.1 Å². The van der Waals surface area contributed by atoms with Crippen LogP contribution in [0.15, 0.2) is 12.2 Å². The van der Waals surface area contributed by atoms with Gasteiger partial charge in [0.15, 0.2) is 0 Å². The maximum atomic E-state index is 12.2. The molecule has 1 aliphatic heterocycles. The molecule has 1 atom stereocenters. The van der Waals surface area contributed by atoms with E-state index in [1.54, 1.807) is 0 Å². The van der Waals surface area contributed by atoms with Crippen LogP contribution in [0.4, 0.5) is 13.2 Å². The Labute approximate surface area is 104 Å². The van der Waals surface area contributed by atoms with Gasteiger partial charge in [0.25, 0.3) is 0 Å². The Balaban J connectivity index is 1.89. The number of piperazine rings is 1. The standard InChI is InChI=1S/C12H17F3N2O/c13-12(14,15)9-17-7-6-16(8-11(17)18)10-4-2-1-3-5-10/h2,4,10H,1,3,5-9H2/t10-/m0/s1. The molecule has 0 bridgehead atoms. The Morgan fingerprint density at radius 2 is 2.11 bits per heavy atom. The van der Waals surface area contributed by atoms with Crippen LogP contribution < -0.4 is 0 Å². The first kappa shape index (κ1) is 13.4. The Morgan fingerprint density at radius 3 is 2.67 bits per heavy atom. The minimum Gasteiger partial charge on any atom is -0.331 e. The van der Waals surface area contributed by atoms with Crippen molar-refractivity contribution < 1.29 is 18.0 Å². The second-order valence-corrected chi connectivity index (χ2v) is 4.83. The molecule has 0 aromatic rings. The number of amides is 1. The van der Waals surface area contributed by atoms with Gasteiger partial charge in [0.1, 0.15) is 6.54 Å². The zero-order chi connectivity index (χ0) is 13.2. The number of nitrogens with zero attached hydrogens (tertiary/aromatic N) is 2. The van der Waals surface area contributed by atoms with Crippen LogP contribution in [0, 0.1) is 0 Å². The Hall–Kier alpha value is -1.04. The van der Waals surface area contributed by atoms with Crippen molar-refractivity contribution in [3.05, 3.63) is 12.2 Å². The van der Waals surface area contributed by atoms with Gasteiger partial charge in [0.05, 0.1) is 6.54 Å². The Bertz CT molecular complexity index is 341.